The van der Waals surface area contributed by atoms with E-state index in [1.807, 2.05) is 29.2 Å². The summed E-state index contributed by atoms with van der Waals surface area (Å²) in [7, 11) is 0. The summed E-state index contributed by atoms with van der Waals surface area (Å²) < 4.78 is 0. The normalized spacial score (nSPS) is 14.8. The predicted molar refractivity (Wildman–Crippen MR) is 96.6 cm³/mol. The van der Waals surface area contributed by atoms with Gasteiger partial charge in [-0.05, 0) is 42.7 Å². The van der Waals surface area contributed by atoms with Gasteiger partial charge in [0.15, 0.2) is 0 Å². The Balaban J connectivity index is 1.67. The fraction of sp³-hybridized carbons (Fsp3) is 0.316. The van der Waals surface area contributed by atoms with Gasteiger partial charge < -0.3 is 10.0 Å². The van der Waals surface area contributed by atoms with Gasteiger partial charge in [0.05, 0.1) is 12.0 Å². The molecule has 1 heterocycles. The van der Waals surface area contributed by atoms with Crippen LogP contribution in [0, 0.1) is 0 Å². The van der Waals surface area contributed by atoms with Gasteiger partial charge in [0.1, 0.15) is 5.75 Å². The third-order valence-electron chi connectivity index (χ3n) is 4.32. The highest BCUT2D eigenvalue weighted by molar-refractivity contribution is 6.03. The summed E-state index contributed by atoms with van der Waals surface area (Å²) in [6.07, 6.45) is 2.27. The Bertz CT molecular complexity index is 839. The minimum absolute atomic E-state index is 0.0292. The van der Waals surface area contributed by atoms with Gasteiger partial charge in [0, 0.05) is 18.8 Å². The summed E-state index contributed by atoms with van der Waals surface area (Å²) in [5.41, 5.74) is 3.11. The first-order chi connectivity index (χ1) is 12.0. The predicted octanol–water partition coefficient (Wildman–Crippen LogP) is 2.66. The van der Waals surface area contributed by atoms with E-state index >= 15 is 0 Å². The van der Waals surface area contributed by atoms with Gasteiger partial charge >= 0.3 is 0 Å². The Labute approximate surface area is 146 Å². The van der Waals surface area contributed by atoms with Crippen LogP contribution in [0.1, 0.15) is 36.5 Å². The molecule has 130 valence electrons. The van der Waals surface area contributed by atoms with Crippen molar-refractivity contribution in [3.63, 3.8) is 0 Å². The molecule has 1 fully saturated rings. The molecule has 2 amide bonds. The van der Waals surface area contributed by atoms with Crippen LogP contribution in [-0.4, -0.2) is 40.6 Å². The third-order valence-corrected chi connectivity index (χ3v) is 4.32. The van der Waals surface area contributed by atoms with Crippen LogP contribution in [0.2, 0.25) is 0 Å². The molecule has 0 atom stereocenters. The summed E-state index contributed by atoms with van der Waals surface area (Å²) in [4.78, 5) is 26.2. The first-order valence-corrected chi connectivity index (χ1v) is 8.37. The lowest BCUT2D eigenvalue weighted by Gasteiger charge is -2.14. The molecule has 2 N–H and O–H groups in total. The van der Waals surface area contributed by atoms with Crippen LogP contribution in [0.25, 0.3) is 10.8 Å². The van der Waals surface area contributed by atoms with E-state index in [1.165, 1.54) is 0 Å². The lowest BCUT2D eigenvalue weighted by molar-refractivity contribution is -0.128. The summed E-state index contributed by atoms with van der Waals surface area (Å²) in [6, 6.07) is 10.6. The van der Waals surface area contributed by atoms with Crippen molar-refractivity contribution < 1.29 is 14.7 Å². The Morgan fingerprint density at radius 3 is 2.48 bits per heavy atom. The molecule has 2 aromatic rings. The monoisotopic (exact) mass is 339 g/mol. The van der Waals surface area contributed by atoms with Crippen molar-refractivity contribution in [3.05, 3.63) is 42.0 Å². The van der Waals surface area contributed by atoms with E-state index in [1.54, 1.807) is 19.1 Å². The molecule has 2 aromatic carbocycles. The number of amides is 2. The zero-order valence-electron chi connectivity index (χ0n) is 14.2. The lowest BCUT2D eigenvalue weighted by Crippen LogP contribution is -2.29. The molecule has 0 radical (unpaired) electrons. The summed E-state index contributed by atoms with van der Waals surface area (Å²) in [6.45, 7) is 3.29. The number of fused-ring (bicyclic) bond motifs is 1. The zero-order chi connectivity index (χ0) is 17.8. The molecule has 0 saturated carbocycles. The molecule has 3 rings (SSSR count). The molecule has 0 aliphatic carbocycles. The van der Waals surface area contributed by atoms with E-state index in [4.69, 9.17) is 0 Å². The second-order valence-electron chi connectivity index (χ2n) is 6.27. The van der Waals surface area contributed by atoms with Gasteiger partial charge in [-0.2, -0.15) is 5.10 Å². The number of nitrogens with zero attached hydrogens (tertiary/aromatic N) is 2. The van der Waals surface area contributed by atoms with Crippen molar-refractivity contribution in [1.29, 1.82) is 0 Å². The minimum atomic E-state index is -0.503. The molecule has 0 aromatic heterocycles. The third kappa shape index (κ3) is 3.96. The number of benzene rings is 2. The van der Waals surface area contributed by atoms with Gasteiger partial charge in [0.25, 0.3) is 5.91 Å². The lowest BCUT2D eigenvalue weighted by atomic mass is 10.1. The number of rotatable bonds is 4. The second kappa shape index (κ2) is 7.34. The van der Waals surface area contributed by atoms with Crippen LogP contribution in [-0.2, 0) is 4.79 Å². The fourth-order valence-electron chi connectivity index (χ4n) is 2.95. The van der Waals surface area contributed by atoms with E-state index in [9.17, 15) is 14.7 Å². The molecule has 6 nitrogen and oxygen atoms in total. The van der Waals surface area contributed by atoms with Crippen LogP contribution in [0.3, 0.4) is 0 Å². The smallest absolute Gasteiger partial charge is 0.275 e. The summed E-state index contributed by atoms with van der Waals surface area (Å²) in [5.74, 6) is -0.574. The second-order valence-corrected chi connectivity index (χ2v) is 6.27. The first-order valence-electron chi connectivity index (χ1n) is 8.37. The number of carbonyl (C=O) groups is 2. The number of nitrogens with one attached hydrogen (secondary N) is 1. The maximum atomic E-state index is 12.3. The molecular formula is C19H21N3O3. The highest BCUT2D eigenvalue weighted by Crippen LogP contribution is 2.24. The van der Waals surface area contributed by atoms with Gasteiger partial charge in [-0.25, -0.2) is 5.43 Å². The molecule has 1 saturated heterocycles. The highest BCUT2D eigenvalue weighted by atomic mass is 16.3. The number of carbonyl (C=O) groups excluding carboxylic acids is 2. The van der Waals surface area contributed by atoms with E-state index in [2.05, 4.69) is 10.5 Å². The first kappa shape index (κ1) is 17.0. The van der Waals surface area contributed by atoms with Crippen LogP contribution >= 0.6 is 0 Å². The number of likely N-dealkylation sites (tertiary alicyclic amines) is 1. The topological polar surface area (TPSA) is 82.0 Å². The maximum Gasteiger partial charge on any atom is 0.275 e. The molecule has 0 spiro atoms. The largest absolute Gasteiger partial charge is 0.507 e. The van der Waals surface area contributed by atoms with Crippen molar-refractivity contribution in [3.8, 4) is 5.75 Å². The number of phenols is 1. The van der Waals surface area contributed by atoms with Crippen molar-refractivity contribution in [1.82, 2.24) is 10.3 Å². The van der Waals surface area contributed by atoms with Crippen molar-refractivity contribution in [2.24, 2.45) is 5.10 Å². The molecule has 0 bridgehead atoms. The molecule has 1 aliphatic heterocycles. The Morgan fingerprint density at radius 1 is 1.16 bits per heavy atom. The number of hydrazone groups is 1. The number of phenolic OH excluding ortho intramolecular Hbond substituents is 1. The van der Waals surface area contributed by atoms with Gasteiger partial charge in [-0.1, -0.05) is 24.3 Å². The quantitative estimate of drug-likeness (QED) is 0.664. The van der Waals surface area contributed by atoms with Crippen LogP contribution < -0.4 is 5.43 Å². The van der Waals surface area contributed by atoms with E-state index in [0.717, 1.165) is 36.7 Å². The summed E-state index contributed by atoms with van der Waals surface area (Å²) >= 11 is 0. The van der Waals surface area contributed by atoms with Crippen LogP contribution in [0.15, 0.2) is 41.5 Å². The molecular weight excluding hydrogens is 318 g/mol. The van der Waals surface area contributed by atoms with Crippen molar-refractivity contribution >= 4 is 28.3 Å². The molecule has 0 unspecified atom stereocenters. The number of aromatic hydroxyl groups is 1. The van der Waals surface area contributed by atoms with Gasteiger partial charge in [-0.15, -0.1) is 0 Å². The van der Waals surface area contributed by atoms with Crippen LogP contribution in [0.5, 0.6) is 5.75 Å². The fourth-order valence-corrected chi connectivity index (χ4v) is 2.95. The summed E-state index contributed by atoms with van der Waals surface area (Å²) in [5, 5.41) is 15.8. The van der Waals surface area contributed by atoms with Crippen molar-refractivity contribution in [2.45, 2.75) is 26.2 Å². The van der Waals surface area contributed by atoms with E-state index < -0.39 is 5.91 Å². The van der Waals surface area contributed by atoms with Crippen molar-refractivity contribution in [2.75, 3.05) is 13.1 Å². The molecule has 6 heteroatoms. The Kier molecular flexibility index (Phi) is 4.97. The Hall–Kier alpha value is -2.89. The minimum Gasteiger partial charge on any atom is -0.507 e. The average molecular weight is 339 g/mol. The Morgan fingerprint density at radius 2 is 1.80 bits per heavy atom. The zero-order valence-corrected chi connectivity index (χ0v) is 14.2. The standard InChI is InChI=1S/C19H21N3O3/c1-13(10-18(24)22-8-4-5-9-22)20-21-19(25)16-11-14-6-2-3-7-15(14)12-17(16)23/h2-3,6-7,11-12,23H,4-5,8-10H2,1H3,(H,21,25)/b20-13+. The number of hydrogen-bond acceptors (Lipinski definition) is 4. The maximum absolute atomic E-state index is 12.3. The average Bonchev–Trinajstić information content (AvgIpc) is 3.14. The number of hydrogen-bond donors (Lipinski definition) is 2. The van der Waals surface area contributed by atoms with E-state index in [0.29, 0.717) is 5.71 Å². The van der Waals surface area contributed by atoms with Crippen LogP contribution in [0.4, 0.5) is 0 Å². The van der Waals surface area contributed by atoms with Gasteiger partial charge in [0.2, 0.25) is 5.91 Å². The highest BCUT2D eigenvalue weighted by Gasteiger charge is 2.18. The van der Waals surface area contributed by atoms with E-state index in [-0.39, 0.29) is 23.6 Å². The molecule has 25 heavy (non-hydrogen) atoms. The molecule has 1 aliphatic rings. The van der Waals surface area contributed by atoms with Gasteiger partial charge in [-0.3, -0.25) is 9.59 Å². The SMILES string of the molecule is C/C(CC(=O)N1CCCC1)=N\NC(=O)c1cc2ccccc2cc1O.